The molecule has 5 rings (SSSR count). The number of nitrogens with one attached hydrogen (secondary N) is 1. The standard InChI is InChI=1S/C33H30N6O20S6/c34-29-28-20(18-27(64(48,49)50)31(29)39-37-23-7-11-25(12-8-23)63(46,47)16-14-55-65(51,52)53)17-26(60-58-56-42)30(32(28)40)38-36-22-3-1-19(2-4-22)33(41)35-21-5-9-24(10-6-21)62(44,45)15-13-54-61-59-57-43/h1-12,17-18,40,42-43H,13-16,34H2,(H,35,41)(H,48,49,50)(H,51,52,53). The number of azo groups is 2. The summed E-state index contributed by atoms with van der Waals surface area (Å²) in [4.78, 5) is 11.6. The molecule has 0 aliphatic rings. The Morgan fingerprint density at radius 3 is 1.78 bits per heavy atom. The molecule has 0 fully saturated rings. The van der Waals surface area contributed by atoms with Crippen molar-refractivity contribution in [1.29, 1.82) is 0 Å². The van der Waals surface area contributed by atoms with E-state index in [1.165, 1.54) is 54.6 Å². The van der Waals surface area contributed by atoms with Gasteiger partial charge in [-0.25, -0.2) is 31.5 Å². The van der Waals surface area contributed by atoms with E-state index in [-0.39, 0.29) is 84.7 Å². The number of phenols is 1. The van der Waals surface area contributed by atoms with Crippen molar-refractivity contribution < 1.29 is 90.3 Å². The lowest BCUT2D eigenvalue weighted by Gasteiger charge is -2.14. The number of nitrogen functional groups attached to an aromatic ring is 1. The highest BCUT2D eigenvalue weighted by Crippen LogP contribution is 2.49. The molecule has 0 aliphatic heterocycles. The summed E-state index contributed by atoms with van der Waals surface area (Å²) in [5.41, 5.74) is 5.16. The predicted molar refractivity (Wildman–Crippen MR) is 226 cm³/mol. The summed E-state index contributed by atoms with van der Waals surface area (Å²) in [6.45, 7) is -1.17. The molecule has 5 aromatic carbocycles. The zero-order valence-corrected chi connectivity index (χ0v) is 37.0. The van der Waals surface area contributed by atoms with Crippen molar-refractivity contribution in [3.05, 3.63) is 90.5 Å². The molecule has 0 saturated heterocycles. The molecule has 0 bridgehead atoms. The molecular formula is C33H30N6O20S6. The quantitative estimate of drug-likeness (QED) is 0.00765. The van der Waals surface area contributed by atoms with Crippen LogP contribution in [0.3, 0.4) is 0 Å². The van der Waals surface area contributed by atoms with Crippen LogP contribution in [0.1, 0.15) is 10.4 Å². The zero-order chi connectivity index (χ0) is 47.6. The maximum absolute atomic E-state index is 13.0. The monoisotopic (exact) mass is 1020 g/mol. The van der Waals surface area contributed by atoms with Crippen LogP contribution in [-0.2, 0) is 67.3 Å². The Hall–Kier alpha value is -5.27. The maximum atomic E-state index is 13.0. The van der Waals surface area contributed by atoms with Gasteiger partial charge in [-0.05, 0) is 90.3 Å². The first-order chi connectivity index (χ1) is 30.6. The summed E-state index contributed by atoms with van der Waals surface area (Å²) >= 11 is 0.516. The lowest BCUT2D eigenvalue weighted by atomic mass is 10.1. The van der Waals surface area contributed by atoms with Crippen molar-refractivity contribution in [2.24, 2.45) is 20.5 Å². The van der Waals surface area contributed by atoms with Gasteiger partial charge < -0.3 is 16.2 Å². The van der Waals surface area contributed by atoms with E-state index in [9.17, 15) is 48.1 Å². The highest BCUT2D eigenvalue weighted by Gasteiger charge is 2.26. The zero-order valence-electron chi connectivity index (χ0n) is 32.1. The number of phenolic OH excluding ortho intramolecular Hbond substituents is 1. The Kier molecular flexibility index (Phi) is 17.0. The summed E-state index contributed by atoms with van der Waals surface area (Å²) in [5, 5.41) is 53.4. The van der Waals surface area contributed by atoms with E-state index in [2.05, 4.69) is 48.7 Å². The van der Waals surface area contributed by atoms with Gasteiger partial charge in [-0.1, -0.05) is 10.1 Å². The van der Waals surface area contributed by atoms with E-state index in [1.54, 1.807) is 0 Å². The summed E-state index contributed by atoms with van der Waals surface area (Å²) in [6, 6.07) is 17.2. The molecule has 5 aromatic rings. The van der Waals surface area contributed by atoms with Gasteiger partial charge in [-0.3, -0.25) is 18.1 Å². The van der Waals surface area contributed by atoms with Crippen LogP contribution in [-0.4, -0.2) is 89.0 Å². The van der Waals surface area contributed by atoms with Gasteiger partial charge in [0.1, 0.15) is 16.3 Å². The third kappa shape index (κ3) is 13.9. The minimum absolute atomic E-state index is 0.0598. The molecule has 0 spiro atoms. The highest BCUT2D eigenvalue weighted by atomic mass is 32.3. The number of nitrogens with zero attached hydrogens (tertiary/aromatic N) is 4. The van der Waals surface area contributed by atoms with E-state index in [1.807, 2.05) is 0 Å². The van der Waals surface area contributed by atoms with Gasteiger partial charge in [0.05, 0.1) is 73.9 Å². The Morgan fingerprint density at radius 1 is 0.692 bits per heavy atom. The Morgan fingerprint density at radius 2 is 1.23 bits per heavy atom. The second kappa shape index (κ2) is 21.8. The molecule has 0 aromatic heterocycles. The van der Waals surface area contributed by atoms with Gasteiger partial charge in [-0.15, -0.1) is 18.9 Å². The van der Waals surface area contributed by atoms with Crippen LogP contribution in [0, 0.1) is 0 Å². The smallest absolute Gasteiger partial charge is 0.397 e. The van der Waals surface area contributed by atoms with Crippen molar-refractivity contribution in [2.45, 2.75) is 19.6 Å². The predicted octanol–water partition coefficient (Wildman–Crippen LogP) is 6.25. The molecule has 0 atom stereocenters. The average molecular weight is 1020 g/mol. The number of aromatic hydroxyl groups is 1. The number of carbonyl (C=O) groups excluding carboxylic acids is 1. The molecule has 0 radical (unpaired) electrons. The third-order valence-electron chi connectivity index (χ3n) is 8.20. The second-order valence-corrected chi connectivity index (χ2v) is 20.3. The third-order valence-corrected chi connectivity index (χ3v) is 13.9. The highest BCUT2D eigenvalue weighted by molar-refractivity contribution is 7.94. The lowest BCUT2D eigenvalue weighted by Crippen LogP contribution is -2.15. The minimum atomic E-state index is -5.11. The van der Waals surface area contributed by atoms with Gasteiger partial charge in [-0.2, -0.15) is 27.1 Å². The first-order valence-electron chi connectivity index (χ1n) is 17.2. The van der Waals surface area contributed by atoms with Gasteiger partial charge in [0, 0.05) is 11.3 Å². The number of amides is 1. The average Bonchev–Trinajstić information content (AvgIpc) is 3.24. The first kappa shape index (κ1) is 50.7. The summed E-state index contributed by atoms with van der Waals surface area (Å²) in [5.74, 6) is -2.59. The number of carbonyl (C=O) groups is 1. The molecule has 65 heavy (non-hydrogen) atoms. The molecule has 32 heteroatoms. The number of hydrogen-bond donors (Lipinski definition) is 7. The number of benzene rings is 5. The van der Waals surface area contributed by atoms with Crippen molar-refractivity contribution in [2.75, 3.05) is 35.8 Å². The second-order valence-electron chi connectivity index (χ2n) is 12.3. The van der Waals surface area contributed by atoms with Gasteiger partial charge in [0.15, 0.2) is 37.7 Å². The molecule has 0 unspecified atom stereocenters. The topological polar surface area (TPSA) is 398 Å². The van der Waals surface area contributed by atoms with E-state index in [0.717, 1.165) is 30.3 Å². The normalized spacial score (nSPS) is 12.7. The fourth-order valence-electron chi connectivity index (χ4n) is 5.28. The molecule has 0 heterocycles. The Balaban J connectivity index is 1.39. The van der Waals surface area contributed by atoms with Crippen LogP contribution in [0.4, 0.5) is 34.1 Å². The van der Waals surface area contributed by atoms with E-state index >= 15 is 0 Å². The molecule has 0 saturated carbocycles. The molecule has 1 amide bonds. The molecule has 348 valence electrons. The molecule has 0 aliphatic carbocycles. The van der Waals surface area contributed by atoms with Crippen LogP contribution in [0.5, 0.6) is 5.75 Å². The van der Waals surface area contributed by atoms with Crippen LogP contribution in [0.25, 0.3) is 10.8 Å². The SMILES string of the molecule is Nc1c(N=Nc2ccc(S(=O)(=O)CCOS(=O)(=O)O)cc2)c(S(=O)(=O)O)cc2cc(SOOO)c(N=Nc3ccc(C(=O)Nc4ccc(S(=O)(=O)CCOSOOO)cc4)cc3)c(O)c12. The van der Waals surface area contributed by atoms with Crippen molar-refractivity contribution in [3.63, 3.8) is 0 Å². The number of hydrogen-bond acceptors (Lipinski definition) is 25. The van der Waals surface area contributed by atoms with E-state index < -0.39 is 86.2 Å². The Labute approximate surface area is 375 Å². The molecular weight excluding hydrogens is 993 g/mol. The van der Waals surface area contributed by atoms with Crippen LogP contribution < -0.4 is 11.1 Å². The number of anilines is 2. The fraction of sp³-hybridized carbons (Fsp3) is 0.121. The van der Waals surface area contributed by atoms with Crippen LogP contribution in [0.15, 0.2) is 125 Å². The maximum Gasteiger partial charge on any atom is 0.397 e. The molecule has 26 nitrogen and oxygen atoms in total. The number of nitrogens with two attached hydrogens (primary N) is 1. The van der Waals surface area contributed by atoms with E-state index in [0.29, 0.717) is 0 Å². The molecule has 8 N–H and O–H groups in total. The van der Waals surface area contributed by atoms with Gasteiger partial charge >= 0.3 is 10.4 Å². The number of fused-ring (bicyclic) bond motifs is 1. The largest absolute Gasteiger partial charge is 0.505 e. The first-order valence-corrected chi connectivity index (χ1v) is 24.7. The fourth-order valence-corrected chi connectivity index (χ4v) is 9.35. The van der Waals surface area contributed by atoms with E-state index in [4.69, 9.17) is 25.0 Å². The van der Waals surface area contributed by atoms with Crippen molar-refractivity contribution in [3.8, 4) is 5.75 Å². The van der Waals surface area contributed by atoms with Crippen molar-refractivity contribution in [1.82, 2.24) is 0 Å². The van der Waals surface area contributed by atoms with Crippen LogP contribution >= 0.6 is 24.4 Å². The summed E-state index contributed by atoms with van der Waals surface area (Å²) in [6.07, 6.45) is 0. The number of sulfone groups is 2. The number of rotatable bonds is 22. The lowest BCUT2D eigenvalue weighted by molar-refractivity contribution is -0.434. The summed E-state index contributed by atoms with van der Waals surface area (Å²) < 4.78 is 133. The van der Waals surface area contributed by atoms with Crippen LogP contribution in [0.2, 0.25) is 0 Å². The summed E-state index contributed by atoms with van der Waals surface area (Å²) in [7, 11) is -17.9. The minimum Gasteiger partial charge on any atom is -0.505 e. The van der Waals surface area contributed by atoms with Gasteiger partial charge in [0.2, 0.25) is 0 Å². The van der Waals surface area contributed by atoms with Gasteiger partial charge in [0.25, 0.3) is 16.0 Å². The van der Waals surface area contributed by atoms with Crippen molar-refractivity contribution >= 4 is 115 Å². The Bertz CT molecular complexity index is 3050.